The van der Waals surface area contributed by atoms with Gasteiger partial charge >= 0.3 is 0 Å². The second-order valence-corrected chi connectivity index (χ2v) is 6.65. The molecule has 0 fully saturated rings. The molecule has 1 rings (SSSR count). The molecule has 1 N–H and O–H groups in total. The summed E-state index contributed by atoms with van der Waals surface area (Å²) in [6.45, 7) is 3.81. The lowest BCUT2D eigenvalue weighted by Gasteiger charge is -2.13. The average molecular weight is 285 g/mol. The summed E-state index contributed by atoms with van der Waals surface area (Å²) in [5.74, 6) is 1.63. The van der Waals surface area contributed by atoms with Gasteiger partial charge in [0, 0.05) is 18.0 Å². The maximum atomic E-state index is 12.1. The monoisotopic (exact) mass is 285 g/mol. The van der Waals surface area contributed by atoms with Crippen LogP contribution in [0.15, 0.2) is 23.2 Å². The van der Waals surface area contributed by atoms with Gasteiger partial charge in [-0.25, -0.2) is 18.1 Å². The molecule has 0 aliphatic rings. The van der Waals surface area contributed by atoms with Crippen molar-refractivity contribution in [1.29, 1.82) is 5.26 Å². The standard InChI is InChI=1S/C11H15N3O2S2/c1-3-17-8-9(2)14-18(15,16)11-5-4-6-13-10(11)7-12/h4-6,9,14H,3,8H2,1-2H3. The van der Waals surface area contributed by atoms with Crippen LogP contribution >= 0.6 is 11.8 Å². The lowest BCUT2D eigenvalue weighted by molar-refractivity contribution is 0.570. The summed E-state index contributed by atoms with van der Waals surface area (Å²) >= 11 is 1.65. The molecule has 7 heteroatoms. The van der Waals surface area contributed by atoms with Gasteiger partial charge in [0.25, 0.3) is 0 Å². The zero-order chi connectivity index (χ0) is 13.6. The first-order valence-electron chi connectivity index (χ1n) is 5.46. The molecular weight excluding hydrogens is 270 g/mol. The Bertz CT molecular complexity index is 537. The Morgan fingerprint density at radius 1 is 1.61 bits per heavy atom. The molecule has 1 aromatic rings. The van der Waals surface area contributed by atoms with Gasteiger partial charge in [-0.3, -0.25) is 0 Å². The van der Waals surface area contributed by atoms with Crippen LogP contribution < -0.4 is 4.72 Å². The minimum Gasteiger partial charge on any atom is -0.244 e. The SMILES string of the molecule is CCSCC(C)NS(=O)(=O)c1cccnc1C#N. The van der Waals surface area contributed by atoms with E-state index < -0.39 is 10.0 Å². The van der Waals surface area contributed by atoms with Crippen LogP contribution in [0.25, 0.3) is 0 Å². The van der Waals surface area contributed by atoms with Crippen LogP contribution in [0.4, 0.5) is 0 Å². The summed E-state index contributed by atoms with van der Waals surface area (Å²) in [5.41, 5.74) is -0.0830. The summed E-state index contributed by atoms with van der Waals surface area (Å²) in [5, 5.41) is 8.85. The second kappa shape index (κ2) is 6.73. The number of aromatic nitrogens is 1. The highest BCUT2D eigenvalue weighted by Gasteiger charge is 2.21. The average Bonchev–Trinajstić information content (AvgIpc) is 2.35. The number of pyridine rings is 1. The molecule has 1 atom stereocenters. The molecule has 0 bridgehead atoms. The molecule has 5 nitrogen and oxygen atoms in total. The third-order valence-corrected chi connectivity index (χ3v) is 4.86. The van der Waals surface area contributed by atoms with Crippen molar-refractivity contribution in [2.24, 2.45) is 0 Å². The molecule has 1 aromatic heterocycles. The number of sulfonamides is 1. The van der Waals surface area contributed by atoms with E-state index >= 15 is 0 Å². The molecule has 0 aromatic carbocycles. The van der Waals surface area contributed by atoms with Crippen molar-refractivity contribution in [2.75, 3.05) is 11.5 Å². The summed E-state index contributed by atoms with van der Waals surface area (Å²) in [6.07, 6.45) is 1.40. The fraction of sp³-hybridized carbons (Fsp3) is 0.455. The molecule has 0 amide bonds. The predicted octanol–water partition coefficient (Wildman–Crippen LogP) is 1.37. The van der Waals surface area contributed by atoms with Crippen molar-refractivity contribution >= 4 is 21.8 Å². The molecule has 1 unspecified atom stereocenters. The number of nitrogens with one attached hydrogen (secondary N) is 1. The van der Waals surface area contributed by atoms with E-state index in [1.54, 1.807) is 24.8 Å². The van der Waals surface area contributed by atoms with Crippen LogP contribution in [0.5, 0.6) is 0 Å². The smallest absolute Gasteiger partial charge is 0.243 e. The molecule has 0 aliphatic heterocycles. The molecule has 0 radical (unpaired) electrons. The lowest BCUT2D eigenvalue weighted by Crippen LogP contribution is -2.34. The van der Waals surface area contributed by atoms with Gasteiger partial charge in [-0.15, -0.1) is 0 Å². The zero-order valence-corrected chi connectivity index (χ0v) is 11.9. The first-order chi connectivity index (χ1) is 8.51. The van der Waals surface area contributed by atoms with Crippen LogP contribution in [0.3, 0.4) is 0 Å². The van der Waals surface area contributed by atoms with Crippen LogP contribution in [-0.2, 0) is 10.0 Å². The summed E-state index contributed by atoms with van der Waals surface area (Å²) in [6, 6.07) is 4.48. The van der Waals surface area contributed by atoms with Crippen molar-refractivity contribution in [3.8, 4) is 6.07 Å². The minimum atomic E-state index is -3.68. The van der Waals surface area contributed by atoms with E-state index in [1.807, 2.05) is 6.92 Å². The number of hydrogen-bond acceptors (Lipinski definition) is 5. The van der Waals surface area contributed by atoms with Gasteiger partial charge in [-0.05, 0) is 24.8 Å². The molecular formula is C11H15N3O2S2. The van der Waals surface area contributed by atoms with Gasteiger partial charge in [-0.1, -0.05) is 6.92 Å². The molecule has 0 aliphatic carbocycles. The highest BCUT2D eigenvalue weighted by atomic mass is 32.2. The Morgan fingerprint density at radius 2 is 2.33 bits per heavy atom. The number of nitrogens with zero attached hydrogens (tertiary/aromatic N) is 2. The number of hydrogen-bond donors (Lipinski definition) is 1. The molecule has 0 saturated carbocycles. The molecule has 18 heavy (non-hydrogen) atoms. The number of rotatable bonds is 6. The summed E-state index contributed by atoms with van der Waals surface area (Å²) in [7, 11) is -3.68. The Morgan fingerprint density at radius 3 is 2.94 bits per heavy atom. The van der Waals surface area contributed by atoms with E-state index in [4.69, 9.17) is 5.26 Å². The van der Waals surface area contributed by atoms with Crippen molar-refractivity contribution in [1.82, 2.24) is 9.71 Å². The third kappa shape index (κ3) is 3.98. The topological polar surface area (TPSA) is 82.8 Å². The largest absolute Gasteiger partial charge is 0.244 e. The second-order valence-electron chi connectivity index (χ2n) is 3.64. The minimum absolute atomic E-state index is 0.0687. The Hall–Kier alpha value is -1.10. The molecule has 0 saturated heterocycles. The Balaban J connectivity index is 2.90. The van der Waals surface area contributed by atoms with Crippen molar-refractivity contribution < 1.29 is 8.42 Å². The van der Waals surface area contributed by atoms with Gasteiger partial charge < -0.3 is 0 Å². The fourth-order valence-electron chi connectivity index (χ4n) is 1.35. The quantitative estimate of drug-likeness (QED) is 0.853. The van der Waals surface area contributed by atoms with Crippen molar-refractivity contribution in [2.45, 2.75) is 24.8 Å². The maximum absolute atomic E-state index is 12.1. The van der Waals surface area contributed by atoms with Crippen molar-refractivity contribution in [3.05, 3.63) is 24.0 Å². The maximum Gasteiger partial charge on any atom is 0.243 e. The van der Waals surface area contributed by atoms with Gasteiger partial charge in [0.05, 0.1) is 0 Å². The van der Waals surface area contributed by atoms with Gasteiger partial charge in [0.1, 0.15) is 11.0 Å². The van der Waals surface area contributed by atoms with E-state index in [0.29, 0.717) is 5.75 Å². The fourth-order valence-corrected chi connectivity index (χ4v) is 3.48. The van der Waals surface area contributed by atoms with Crippen LogP contribution in [0, 0.1) is 11.3 Å². The van der Waals surface area contributed by atoms with Crippen LogP contribution in [0.1, 0.15) is 19.5 Å². The Kier molecular flexibility index (Phi) is 5.59. The lowest BCUT2D eigenvalue weighted by atomic mass is 10.4. The predicted molar refractivity (Wildman–Crippen MR) is 71.7 cm³/mol. The van der Waals surface area contributed by atoms with Crippen LogP contribution in [0.2, 0.25) is 0 Å². The number of thioether (sulfide) groups is 1. The number of nitriles is 1. The van der Waals surface area contributed by atoms with Gasteiger partial charge in [-0.2, -0.15) is 17.0 Å². The highest BCUT2D eigenvalue weighted by Crippen LogP contribution is 2.13. The normalized spacial score (nSPS) is 12.9. The van der Waals surface area contributed by atoms with E-state index in [-0.39, 0.29) is 16.6 Å². The van der Waals surface area contributed by atoms with Crippen LogP contribution in [-0.4, -0.2) is 30.9 Å². The first-order valence-corrected chi connectivity index (χ1v) is 8.10. The summed E-state index contributed by atoms with van der Waals surface area (Å²) < 4.78 is 26.7. The van der Waals surface area contributed by atoms with Gasteiger partial charge in [0.15, 0.2) is 5.69 Å². The van der Waals surface area contributed by atoms with E-state index in [0.717, 1.165) is 5.75 Å². The van der Waals surface area contributed by atoms with Crippen molar-refractivity contribution in [3.63, 3.8) is 0 Å². The van der Waals surface area contributed by atoms with E-state index in [9.17, 15) is 8.42 Å². The highest BCUT2D eigenvalue weighted by molar-refractivity contribution is 7.99. The van der Waals surface area contributed by atoms with E-state index in [2.05, 4.69) is 9.71 Å². The summed E-state index contributed by atoms with van der Waals surface area (Å²) in [4.78, 5) is 3.68. The molecule has 0 spiro atoms. The molecule has 1 heterocycles. The molecule has 98 valence electrons. The zero-order valence-electron chi connectivity index (χ0n) is 10.3. The van der Waals surface area contributed by atoms with Gasteiger partial charge in [0.2, 0.25) is 10.0 Å². The Labute approximate surface area is 112 Å². The first kappa shape index (κ1) is 15.0. The van der Waals surface area contributed by atoms with E-state index in [1.165, 1.54) is 18.3 Å². The third-order valence-electron chi connectivity index (χ3n) is 2.09.